The molecule has 4 heteroatoms. The van der Waals surface area contributed by atoms with E-state index in [1.54, 1.807) is 12.2 Å². The van der Waals surface area contributed by atoms with Gasteiger partial charge in [0.25, 0.3) is 0 Å². The molecule has 0 saturated heterocycles. The third-order valence-corrected chi connectivity index (χ3v) is 14.7. The summed E-state index contributed by atoms with van der Waals surface area (Å²) in [4.78, 5) is 0. The fourth-order valence-electron chi connectivity index (χ4n) is 10.5. The van der Waals surface area contributed by atoms with Crippen LogP contribution in [0.25, 0.3) is 44.5 Å². The van der Waals surface area contributed by atoms with Gasteiger partial charge in [-0.25, -0.2) is 0 Å². The summed E-state index contributed by atoms with van der Waals surface area (Å²) in [5, 5.41) is 7.59. The Labute approximate surface area is 499 Å². The first-order chi connectivity index (χ1) is 40.7. The summed E-state index contributed by atoms with van der Waals surface area (Å²) < 4.78 is 0. The quantitative estimate of drug-likeness (QED) is 0.0469. The largest absolute Gasteiger partial charge is 0.366 e. The summed E-state index contributed by atoms with van der Waals surface area (Å²) in [6.07, 6.45) is 25.3. The van der Waals surface area contributed by atoms with Crippen LogP contribution >= 0.6 is 0 Å². The van der Waals surface area contributed by atoms with Gasteiger partial charge in [0.05, 0.1) is 12.2 Å². The lowest BCUT2D eigenvalue weighted by molar-refractivity contribution is 0.497. The van der Waals surface area contributed by atoms with Crippen LogP contribution in [-0.2, 0) is 6.42 Å². The molecule has 0 radical (unpaired) electrons. The molecule has 0 heterocycles. The van der Waals surface area contributed by atoms with Crippen LogP contribution in [0.4, 0.5) is 5.69 Å². The van der Waals surface area contributed by atoms with Crippen molar-refractivity contribution < 1.29 is 0 Å². The van der Waals surface area contributed by atoms with Crippen LogP contribution in [0.2, 0.25) is 0 Å². The van der Waals surface area contributed by atoms with E-state index in [0.717, 1.165) is 60.1 Å². The molecule has 7 aromatic rings. The van der Waals surface area contributed by atoms with Crippen molar-refractivity contribution in [3.05, 3.63) is 311 Å². The van der Waals surface area contributed by atoms with Gasteiger partial charge in [0.2, 0.25) is 0 Å². The highest BCUT2D eigenvalue weighted by Crippen LogP contribution is 2.38. The number of nitrogens with two attached hydrogens (primary N) is 2. The molecule has 0 aromatic heterocycles. The van der Waals surface area contributed by atoms with Crippen molar-refractivity contribution in [3.63, 3.8) is 0 Å². The molecule has 3 atom stereocenters. The molecule has 0 fully saturated rings. The zero-order chi connectivity index (χ0) is 59.3. The number of hydrogen-bond acceptors (Lipinski definition) is 4. The van der Waals surface area contributed by atoms with E-state index in [-0.39, 0.29) is 18.4 Å². The lowest BCUT2D eigenvalue weighted by Crippen LogP contribution is -2.42. The topological polar surface area (TPSA) is 76.1 Å². The van der Waals surface area contributed by atoms with Crippen molar-refractivity contribution in [1.82, 2.24) is 5.32 Å². The highest BCUT2D eigenvalue weighted by Gasteiger charge is 2.26. The van der Waals surface area contributed by atoms with Crippen molar-refractivity contribution >= 4 is 5.69 Å². The second-order valence-electron chi connectivity index (χ2n) is 20.2. The number of anilines is 1. The molecule has 0 spiro atoms. The summed E-state index contributed by atoms with van der Waals surface area (Å²) >= 11 is 0. The summed E-state index contributed by atoms with van der Waals surface area (Å²) in [7, 11) is 0. The summed E-state index contributed by atoms with van der Waals surface area (Å²) in [5.74, 6) is 0. The Morgan fingerprint density at radius 2 is 1.02 bits per heavy atom. The van der Waals surface area contributed by atoms with E-state index in [0.29, 0.717) is 0 Å². The number of fused-ring (bicyclic) bond motifs is 1. The van der Waals surface area contributed by atoms with E-state index in [1.807, 2.05) is 41.5 Å². The Kier molecular flexibility index (Phi) is 26.3. The van der Waals surface area contributed by atoms with Gasteiger partial charge >= 0.3 is 0 Å². The molecule has 4 aliphatic rings. The van der Waals surface area contributed by atoms with Gasteiger partial charge in [-0.2, -0.15) is 0 Å². The van der Waals surface area contributed by atoms with Gasteiger partial charge in [-0.15, -0.1) is 5.73 Å². The number of benzene rings is 7. The van der Waals surface area contributed by atoms with Crippen LogP contribution < -0.4 is 22.1 Å². The predicted molar refractivity (Wildman–Crippen MR) is 363 cm³/mol. The molecule has 0 amide bonds. The van der Waals surface area contributed by atoms with Gasteiger partial charge in [-0.05, 0) is 178 Å². The molecule has 0 aliphatic heterocycles. The van der Waals surface area contributed by atoms with E-state index < -0.39 is 0 Å². The summed E-state index contributed by atoms with van der Waals surface area (Å²) in [6, 6.07) is 64.7. The standard InChI is InChI=1S/C62H56N4.C7H10.C4H6.3C2H6/c1-42-16-8-10-30-58(42)60(54-28-14-26-50(39-54)48-24-12-22-46(37-48)44-17-4-2-5-18-44)66-62(64)56-33-32-52-34-43(36-57(52)41-56)35-53-21-9-11-31-59(53)65-61(63)55-29-15-27-51(40-55)49-25-13-23-47(38-49)45-19-6-3-7-20-45;1-7-5-3-2-4-6-7;1-3-4-2;3*1-2/h2-9,11-29,31,34,37-41,60-62,65-66H,10,30,32-33,35,63-64H2,1H3;2-3,5H,4,6H2,1H3;3-4H,1-2H2;3*1-2H3. The van der Waals surface area contributed by atoms with Crippen LogP contribution in [0.5, 0.6) is 0 Å². The van der Waals surface area contributed by atoms with Crippen molar-refractivity contribution in [3.8, 4) is 44.5 Å². The van der Waals surface area contributed by atoms with Gasteiger partial charge in [-0.1, -0.05) is 260 Å². The molecule has 4 aliphatic carbocycles. The zero-order valence-electron chi connectivity index (χ0n) is 50.8. The van der Waals surface area contributed by atoms with Gasteiger partial charge in [0.15, 0.2) is 0 Å². The van der Waals surface area contributed by atoms with E-state index in [1.165, 1.54) is 90.8 Å². The number of allylic oxidation sites excluding steroid dienone is 13. The highest BCUT2D eigenvalue weighted by molar-refractivity contribution is 5.75. The van der Waals surface area contributed by atoms with E-state index in [2.05, 4.69) is 268 Å². The number of hydrogen-bond donors (Lipinski definition) is 4. The first-order valence-corrected chi connectivity index (χ1v) is 30.2. The predicted octanol–water partition coefficient (Wildman–Crippen LogP) is 21.1. The third-order valence-electron chi connectivity index (χ3n) is 14.7. The van der Waals surface area contributed by atoms with Crippen molar-refractivity contribution in [2.24, 2.45) is 11.5 Å². The van der Waals surface area contributed by atoms with Crippen molar-refractivity contribution in [1.29, 1.82) is 0 Å². The van der Waals surface area contributed by atoms with Crippen LogP contribution in [0, 0.1) is 0 Å². The normalized spacial score (nSPS) is 14.7. The number of rotatable bonds is 15. The molecule has 83 heavy (non-hydrogen) atoms. The number of para-hydroxylation sites is 1. The smallest absolute Gasteiger partial charge is 0.101 e. The Morgan fingerprint density at radius 3 is 1.57 bits per heavy atom. The maximum absolute atomic E-state index is 7.19. The minimum Gasteiger partial charge on any atom is -0.366 e. The molecular formula is C79H90N4. The molecule has 0 saturated carbocycles. The van der Waals surface area contributed by atoms with Crippen LogP contribution in [0.3, 0.4) is 0 Å². The fraction of sp³-hybridized carbons (Fsp3) is 0.228. The van der Waals surface area contributed by atoms with Gasteiger partial charge in [0.1, 0.15) is 6.17 Å². The first kappa shape index (κ1) is 63.8. The molecule has 11 rings (SSSR count). The zero-order valence-corrected chi connectivity index (χ0v) is 50.8. The van der Waals surface area contributed by atoms with Crippen LogP contribution in [0.15, 0.2) is 295 Å². The Morgan fingerprint density at radius 1 is 0.518 bits per heavy atom. The molecule has 6 N–H and O–H groups in total. The molecule has 3 unspecified atom stereocenters. The fourth-order valence-corrected chi connectivity index (χ4v) is 10.5. The van der Waals surface area contributed by atoms with Crippen molar-refractivity contribution in [2.75, 3.05) is 5.32 Å². The van der Waals surface area contributed by atoms with E-state index in [4.69, 9.17) is 11.5 Å². The maximum Gasteiger partial charge on any atom is 0.101 e. The number of nitrogens with one attached hydrogen (secondary N) is 2. The van der Waals surface area contributed by atoms with Gasteiger partial charge < -0.3 is 16.8 Å². The van der Waals surface area contributed by atoms with Crippen LogP contribution in [-0.4, -0.2) is 6.17 Å². The SMILES string of the molecule is C=CC=C.CC.CC.CC.CC1=C(C(NC(N)C2=CC3=C=C(Cc4ccccc4NC(N)c4cccc(-c5cccc(-c6ccccc6)c5)c4)C=C3CC2)c2cccc(-c3cccc(-c4ccccc4)c3)c2)CCC=C1.CC1=CC=CCC1. The third kappa shape index (κ3) is 18.3. The lowest BCUT2D eigenvalue weighted by atomic mass is 9.86. The minimum absolute atomic E-state index is 0.0209. The maximum atomic E-state index is 7.19. The summed E-state index contributed by atoms with van der Waals surface area (Å²) in [6.45, 7) is 23.1. The molecule has 0 bridgehead atoms. The van der Waals surface area contributed by atoms with Crippen molar-refractivity contribution in [2.45, 2.75) is 119 Å². The first-order valence-electron chi connectivity index (χ1n) is 30.2. The summed E-state index contributed by atoms with van der Waals surface area (Å²) in [5.41, 5.74) is 40.9. The Bertz CT molecular complexity index is 3460. The van der Waals surface area contributed by atoms with Crippen LogP contribution in [0.1, 0.15) is 123 Å². The molecule has 4 nitrogen and oxygen atoms in total. The minimum atomic E-state index is -0.388. The Hall–Kier alpha value is -8.34. The molecule has 426 valence electrons. The van der Waals surface area contributed by atoms with E-state index in [9.17, 15) is 0 Å². The van der Waals surface area contributed by atoms with E-state index >= 15 is 0 Å². The lowest BCUT2D eigenvalue weighted by Gasteiger charge is -2.31. The second kappa shape index (κ2) is 34.2. The van der Waals surface area contributed by atoms with Gasteiger partial charge in [0, 0.05) is 17.7 Å². The van der Waals surface area contributed by atoms with Gasteiger partial charge in [-0.3, -0.25) is 5.32 Å². The molecule has 7 aromatic carbocycles. The second-order valence-corrected chi connectivity index (χ2v) is 20.2. The average Bonchev–Trinajstić information content (AvgIpc) is 4.24. The average molecular weight is 1100 g/mol. The highest BCUT2D eigenvalue weighted by atomic mass is 15.1. The monoisotopic (exact) mass is 1090 g/mol. The molecular weight excluding hydrogens is 1000 g/mol. The Balaban J connectivity index is 0.000000576.